The first-order chi connectivity index (χ1) is 14.7. The molecule has 7 heteroatoms. The summed E-state index contributed by atoms with van der Waals surface area (Å²) < 4.78 is 34.2. The second kappa shape index (κ2) is 9.08. The Morgan fingerprint density at radius 3 is 2.03 bits per heavy atom. The first kappa shape index (κ1) is 22.8. The molecular weight excluding hydrogens is 412 g/mol. The molecule has 0 atom stereocenters. The number of carbonyl (C=O) groups excluding carboxylic acids is 1. The number of nitrogens with one attached hydrogen (secondary N) is 1. The molecule has 0 aliphatic heterocycles. The molecule has 1 N–H and O–H groups in total. The van der Waals surface area contributed by atoms with E-state index >= 15 is 0 Å². The van der Waals surface area contributed by atoms with Crippen molar-refractivity contribution in [3.05, 3.63) is 76.5 Å². The maximum absolute atomic E-state index is 13.6. The Morgan fingerprint density at radius 1 is 0.935 bits per heavy atom. The fourth-order valence-electron chi connectivity index (χ4n) is 3.47. The van der Waals surface area contributed by atoms with Gasteiger partial charge in [0.2, 0.25) is 9.84 Å². The first-order valence-corrected chi connectivity index (χ1v) is 11.5. The number of sulfone groups is 1. The molecule has 1 heterocycles. The van der Waals surface area contributed by atoms with Gasteiger partial charge in [0.15, 0.2) is 0 Å². The van der Waals surface area contributed by atoms with Crippen molar-refractivity contribution in [1.82, 2.24) is 4.57 Å². The van der Waals surface area contributed by atoms with Gasteiger partial charge in [0, 0.05) is 24.9 Å². The Hall–Kier alpha value is -2.90. The van der Waals surface area contributed by atoms with Crippen molar-refractivity contribution in [2.45, 2.75) is 44.0 Å². The standard InChI is InChI=1S/C24H28N2O4S/c1-16-6-10-20(11-7-16)24(27)25-23-22(18(3)19(4)26(23)14-15-30-5)31(28,29)21-12-8-17(2)9-13-21/h6-13H,14-15H2,1-5H3,(H,25,27). The molecule has 0 spiro atoms. The minimum absolute atomic E-state index is 0.116. The fourth-order valence-corrected chi connectivity index (χ4v) is 5.17. The summed E-state index contributed by atoms with van der Waals surface area (Å²) in [5, 5.41) is 2.86. The van der Waals surface area contributed by atoms with E-state index in [1.54, 1.807) is 55.0 Å². The Morgan fingerprint density at radius 2 is 1.48 bits per heavy atom. The predicted octanol–water partition coefficient (Wildman–Crippen LogP) is 4.45. The van der Waals surface area contributed by atoms with Crippen LogP contribution in [0.25, 0.3) is 0 Å². The van der Waals surface area contributed by atoms with Gasteiger partial charge in [-0.2, -0.15) is 0 Å². The van der Waals surface area contributed by atoms with E-state index in [1.165, 1.54) is 0 Å². The molecule has 2 aromatic carbocycles. The summed E-state index contributed by atoms with van der Waals surface area (Å²) in [7, 11) is -2.27. The minimum atomic E-state index is -3.85. The van der Waals surface area contributed by atoms with Crippen molar-refractivity contribution in [2.75, 3.05) is 19.0 Å². The predicted molar refractivity (Wildman–Crippen MR) is 122 cm³/mol. The normalized spacial score (nSPS) is 11.5. The molecular formula is C24H28N2O4S. The fraction of sp³-hybridized carbons (Fsp3) is 0.292. The van der Waals surface area contributed by atoms with E-state index in [9.17, 15) is 13.2 Å². The Labute approximate surface area is 183 Å². The van der Waals surface area contributed by atoms with E-state index in [-0.39, 0.29) is 21.5 Å². The average Bonchev–Trinajstić information content (AvgIpc) is 2.97. The minimum Gasteiger partial charge on any atom is -0.383 e. The van der Waals surface area contributed by atoms with Crippen LogP contribution in [0.4, 0.5) is 5.82 Å². The summed E-state index contributed by atoms with van der Waals surface area (Å²) in [5.74, 6) is -0.102. The quantitative estimate of drug-likeness (QED) is 0.589. The molecule has 0 saturated heterocycles. The summed E-state index contributed by atoms with van der Waals surface area (Å²) in [5.41, 5.74) is 3.84. The third kappa shape index (κ3) is 4.57. The molecule has 0 unspecified atom stereocenters. The van der Waals surface area contributed by atoms with Gasteiger partial charge in [0.1, 0.15) is 10.7 Å². The molecule has 3 aromatic rings. The van der Waals surface area contributed by atoms with E-state index in [1.807, 2.05) is 32.9 Å². The lowest BCUT2D eigenvalue weighted by molar-refractivity contribution is 0.102. The van der Waals surface area contributed by atoms with Crippen LogP contribution in [0.15, 0.2) is 58.3 Å². The Balaban J connectivity index is 2.15. The van der Waals surface area contributed by atoms with Gasteiger partial charge in [-0.05, 0) is 57.5 Å². The zero-order valence-corrected chi connectivity index (χ0v) is 19.3. The molecule has 0 saturated carbocycles. The summed E-state index contributed by atoms with van der Waals surface area (Å²) in [6.07, 6.45) is 0. The second-order valence-corrected chi connectivity index (χ2v) is 9.56. The molecule has 1 amide bonds. The lowest BCUT2D eigenvalue weighted by atomic mass is 10.1. The number of rotatable bonds is 7. The van der Waals surface area contributed by atoms with Crippen LogP contribution in [0.2, 0.25) is 0 Å². The monoisotopic (exact) mass is 440 g/mol. The highest BCUT2D eigenvalue weighted by Gasteiger charge is 2.30. The molecule has 0 fully saturated rings. The van der Waals surface area contributed by atoms with Gasteiger partial charge in [0.05, 0.1) is 11.5 Å². The number of carbonyl (C=O) groups is 1. The van der Waals surface area contributed by atoms with Crippen LogP contribution in [0.3, 0.4) is 0 Å². The third-order valence-electron chi connectivity index (χ3n) is 5.44. The molecule has 3 rings (SSSR count). The molecule has 31 heavy (non-hydrogen) atoms. The molecule has 0 aliphatic carbocycles. The van der Waals surface area contributed by atoms with Crippen molar-refractivity contribution in [2.24, 2.45) is 0 Å². The number of hydrogen-bond acceptors (Lipinski definition) is 4. The van der Waals surface area contributed by atoms with Crippen LogP contribution in [0, 0.1) is 27.7 Å². The largest absolute Gasteiger partial charge is 0.383 e. The van der Waals surface area contributed by atoms with Crippen molar-refractivity contribution >= 4 is 21.6 Å². The lowest BCUT2D eigenvalue weighted by Crippen LogP contribution is -2.19. The van der Waals surface area contributed by atoms with Gasteiger partial charge < -0.3 is 14.6 Å². The van der Waals surface area contributed by atoms with E-state index in [4.69, 9.17) is 4.74 Å². The molecule has 6 nitrogen and oxygen atoms in total. The van der Waals surface area contributed by atoms with E-state index in [2.05, 4.69) is 5.32 Å². The Kier molecular flexibility index (Phi) is 6.67. The number of aryl methyl sites for hydroxylation is 2. The number of amides is 1. The molecule has 1 aromatic heterocycles. The molecule has 0 bridgehead atoms. The number of ether oxygens (including phenoxy) is 1. The number of benzene rings is 2. The van der Waals surface area contributed by atoms with Crippen LogP contribution in [0.5, 0.6) is 0 Å². The van der Waals surface area contributed by atoms with Crippen LogP contribution in [-0.4, -0.2) is 32.6 Å². The smallest absolute Gasteiger partial charge is 0.256 e. The molecule has 164 valence electrons. The second-order valence-electron chi connectivity index (χ2n) is 7.67. The van der Waals surface area contributed by atoms with Crippen LogP contribution in [-0.2, 0) is 21.1 Å². The summed E-state index contributed by atoms with van der Waals surface area (Å²) >= 11 is 0. The number of hydrogen-bond donors (Lipinski definition) is 1. The summed E-state index contributed by atoms with van der Waals surface area (Å²) in [6, 6.07) is 13.9. The molecule has 0 radical (unpaired) electrons. The number of aromatic nitrogens is 1. The van der Waals surface area contributed by atoms with E-state index in [0.29, 0.717) is 24.3 Å². The zero-order chi connectivity index (χ0) is 22.8. The summed E-state index contributed by atoms with van der Waals surface area (Å²) in [4.78, 5) is 13.3. The van der Waals surface area contributed by atoms with Gasteiger partial charge in [-0.15, -0.1) is 0 Å². The highest BCUT2D eigenvalue weighted by atomic mass is 32.2. The Bertz CT molecular complexity index is 1190. The van der Waals surface area contributed by atoms with Gasteiger partial charge in [0.25, 0.3) is 5.91 Å². The van der Waals surface area contributed by atoms with Crippen LogP contribution < -0.4 is 5.32 Å². The lowest BCUT2D eigenvalue weighted by Gasteiger charge is -2.14. The third-order valence-corrected chi connectivity index (χ3v) is 7.37. The first-order valence-electron chi connectivity index (χ1n) is 10.0. The van der Waals surface area contributed by atoms with Crippen molar-refractivity contribution < 1.29 is 17.9 Å². The average molecular weight is 441 g/mol. The van der Waals surface area contributed by atoms with E-state index < -0.39 is 9.84 Å². The zero-order valence-electron chi connectivity index (χ0n) is 18.5. The van der Waals surface area contributed by atoms with Gasteiger partial charge in [-0.25, -0.2) is 8.42 Å². The highest BCUT2D eigenvalue weighted by molar-refractivity contribution is 7.91. The maximum atomic E-state index is 13.6. The highest BCUT2D eigenvalue weighted by Crippen LogP contribution is 2.35. The van der Waals surface area contributed by atoms with E-state index in [0.717, 1.165) is 16.8 Å². The number of nitrogens with zero attached hydrogens (tertiary/aromatic N) is 1. The summed E-state index contributed by atoms with van der Waals surface area (Å²) in [6.45, 7) is 8.25. The molecule has 0 aliphatic rings. The number of anilines is 1. The van der Waals surface area contributed by atoms with Crippen molar-refractivity contribution in [3.8, 4) is 0 Å². The number of methoxy groups -OCH3 is 1. The van der Waals surface area contributed by atoms with Crippen molar-refractivity contribution in [1.29, 1.82) is 0 Å². The van der Waals surface area contributed by atoms with Crippen LogP contribution >= 0.6 is 0 Å². The SMILES string of the molecule is COCCn1c(C)c(C)c(S(=O)(=O)c2ccc(C)cc2)c1NC(=O)c1ccc(C)cc1. The van der Waals surface area contributed by atoms with Crippen molar-refractivity contribution in [3.63, 3.8) is 0 Å². The van der Waals surface area contributed by atoms with Gasteiger partial charge in [-0.1, -0.05) is 35.4 Å². The van der Waals surface area contributed by atoms with Crippen LogP contribution in [0.1, 0.15) is 32.7 Å². The maximum Gasteiger partial charge on any atom is 0.256 e. The topological polar surface area (TPSA) is 77.4 Å². The van der Waals surface area contributed by atoms with Gasteiger partial charge >= 0.3 is 0 Å². The van der Waals surface area contributed by atoms with Gasteiger partial charge in [-0.3, -0.25) is 4.79 Å².